The Bertz CT molecular complexity index is 1430. The maximum Gasteiger partial charge on any atom is 0.264 e. The second-order valence-electron chi connectivity index (χ2n) is 8.69. The van der Waals surface area contributed by atoms with Crippen molar-refractivity contribution in [3.63, 3.8) is 0 Å². The molecule has 0 aromatic heterocycles. The van der Waals surface area contributed by atoms with Crippen LogP contribution >= 0.6 is 11.6 Å². The van der Waals surface area contributed by atoms with Crippen molar-refractivity contribution in [3.8, 4) is 17.2 Å². The lowest BCUT2D eigenvalue weighted by Crippen LogP contribution is -2.52. The minimum Gasteiger partial charge on any atom is -0.497 e. The Morgan fingerprint density at radius 3 is 2.15 bits per heavy atom. The van der Waals surface area contributed by atoms with Gasteiger partial charge in [0.15, 0.2) is 11.5 Å². The smallest absolute Gasteiger partial charge is 0.264 e. The molecule has 1 aliphatic heterocycles. The van der Waals surface area contributed by atoms with E-state index in [2.05, 4.69) is 4.90 Å². The molecule has 12 heteroatoms. The SMILES string of the molecule is COc1ccc(N2CCN(C(=O)CN(c3ccc(F)c(Cl)c3)S(=O)(=O)c3ccc(OC)c(OC)c3)CC2)cc1. The number of hydrogen-bond donors (Lipinski definition) is 0. The molecule has 1 saturated heterocycles. The third-order valence-electron chi connectivity index (χ3n) is 6.48. The van der Waals surface area contributed by atoms with Gasteiger partial charge in [-0.25, -0.2) is 12.8 Å². The summed E-state index contributed by atoms with van der Waals surface area (Å²) in [7, 11) is 0.143. The molecule has 9 nitrogen and oxygen atoms in total. The molecule has 0 atom stereocenters. The first-order chi connectivity index (χ1) is 18.7. The van der Waals surface area contributed by atoms with E-state index in [0.717, 1.165) is 21.8 Å². The summed E-state index contributed by atoms with van der Waals surface area (Å²) in [6.07, 6.45) is 0. The number of nitrogens with zero attached hydrogens (tertiary/aromatic N) is 3. The van der Waals surface area contributed by atoms with E-state index in [4.69, 9.17) is 25.8 Å². The molecule has 1 amide bonds. The van der Waals surface area contributed by atoms with Crippen LogP contribution in [-0.4, -0.2) is 73.3 Å². The van der Waals surface area contributed by atoms with E-state index < -0.39 is 28.3 Å². The molecule has 0 unspecified atom stereocenters. The summed E-state index contributed by atoms with van der Waals surface area (Å²) in [6, 6.07) is 15.3. The van der Waals surface area contributed by atoms with Crippen LogP contribution in [0.4, 0.5) is 15.8 Å². The zero-order valence-corrected chi connectivity index (χ0v) is 23.3. The molecule has 4 rings (SSSR count). The molecule has 0 bridgehead atoms. The fraction of sp³-hybridized carbons (Fsp3) is 0.296. The maximum absolute atomic E-state index is 13.9. The van der Waals surface area contributed by atoms with E-state index in [0.29, 0.717) is 31.9 Å². The first-order valence-electron chi connectivity index (χ1n) is 12.0. The normalized spacial score (nSPS) is 13.7. The fourth-order valence-electron chi connectivity index (χ4n) is 4.29. The number of hydrogen-bond acceptors (Lipinski definition) is 7. The summed E-state index contributed by atoms with van der Waals surface area (Å²) in [5.74, 6) is 0.207. The highest BCUT2D eigenvalue weighted by Gasteiger charge is 2.31. The van der Waals surface area contributed by atoms with E-state index in [1.54, 1.807) is 12.0 Å². The van der Waals surface area contributed by atoms with Crippen molar-refractivity contribution >= 4 is 38.9 Å². The van der Waals surface area contributed by atoms with E-state index in [1.165, 1.54) is 44.6 Å². The van der Waals surface area contributed by atoms with Crippen molar-refractivity contribution in [1.29, 1.82) is 0 Å². The van der Waals surface area contributed by atoms with Gasteiger partial charge in [-0.05, 0) is 54.6 Å². The minimum absolute atomic E-state index is 0.0569. The summed E-state index contributed by atoms with van der Waals surface area (Å²) in [5.41, 5.74) is 1.06. The number of halogens is 2. The number of methoxy groups -OCH3 is 3. The fourth-order valence-corrected chi connectivity index (χ4v) is 5.89. The number of amides is 1. The number of carbonyl (C=O) groups excluding carboxylic acids is 1. The highest BCUT2D eigenvalue weighted by molar-refractivity contribution is 7.92. The Labute approximate surface area is 232 Å². The number of benzene rings is 3. The Kier molecular flexibility index (Phi) is 8.71. The standard InChI is InChI=1S/C27H29ClFN3O6S/c1-36-21-7-4-19(5-8-21)30-12-14-31(15-13-30)27(33)18-32(20-6-10-24(29)23(28)16-20)39(34,35)22-9-11-25(37-2)26(17-22)38-3/h4-11,16-17H,12-15,18H2,1-3H3. The van der Waals surface area contributed by atoms with Crippen molar-refractivity contribution in [3.05, 3.63) is 71.5 Å². The van der Waals surface area contributed by atoms with Crippen LogP contribution in [0.3, 0.4) is 0 Å². The summed E-state index contributed by atoms with van der Waals surface area (Å²) in [4.78, 5) is 17.0. The number of ether oxygens (including phenoxy) is 3. The summed E-state index contributed by atoms with van der Waals surface area (Å²) in [5, 5.41) is -0.263. The third-order valence-corrected chi connectivity index (χ3v) is 8.54. The Morgan fingerprint density at radius 1 is 0.897 bits per heavy atom. The van der Waals surface area contributed by atoms with Crippen LogP contribution < -0.4 is 23.4 Å². The van der Waals surface area contributed by atoms with E-state index in [-0.39, 0.29) is 21.4 Å². The van der Waals surface area contributed by atoms with Crippen molar-refractivity contribution in [2.45, 2.75) is 4.90 Å². The van der Waals surface area contributed by atoms with Crippen molar-refractivity contribution in [2.75, 3.05) is 63.3 Å². The van der Waals surface area contributed by atoms with Crippen molar-refractivity contribution in [2.24, 2.45) is 0 Å². The lowest BCUT2D eigenvalue weighted by molar-refractivity contribution is -0.129. The molecule has 3 aromatic carbocycles. The van der Waals surface area contributed by atoms with Gasteiger partial charge in [-0.15, -0.1) is 0 Å². The largest absolute Gasteiger partial charge is 0.497 e. The Morgan fingerprint density at radius 2 is 1.56 bits per heavy atom. The molecular formula is C27H29ClFN3O6S. The highest BCUT2D eigenvalue weighted by atomic mass is 35.5. The Hall–Kier alpha value is -3.70. The Balaban J connectivity index is 1.57. The first kappa shape index (κ1) is 28.3. The molecule has 39 heavy (non-hydrogen) atoms. The molecule has 3 aromatic rings. The van der Waals surface area contributed by atoms with Crippen LogP contribution in [0.5, 0.6) is 17.2 Å². The average molecular weight is 578 g/mol. The van der Waals surface area contributed by atoms with Crippen LogP contribution in [0.1, 0.15) is 0 Å². The van der Waals surface area contributed by atoms with Gasteiger partial charge in [0, 0.05) is 37.9 Å². The minimum atomic E-state index is -4.29. The van der Waals surface area contributed by atoms with Gasteiger partial charge in [0.2, 0.25) is 5.91 Å². The molecular weight excluding hydrogens is 549 g/mol. The summed E-state index contributed by atoms with van der Waals surface area (Å²) < 4.78 is 58.1. The van der Waals surface area contributed by atoms with E-state index >= 15 is 0 Å². The molecule has 1 aliphatic rings. The number of carbonyl (C=O) groups is 1. The van der Waals surface area contributed by atoms with Gasteiger partial charge in [-0.3, -0.25) is 9.10 Å². The number of sulfonamides is 1. The van der Waals surface area contributed by atoms with Gasteiger partial charge in [0.05, 0.1) is 36.9 Å². The molecule has 208 valence electrons. The molecule has 1 heterocycles. The van der Waals surface area contributed by atoms with Crippen LogP contribution in [0, 0.1) is 5.82 Å². The van der Waals surface area contributed by atoms with Gasteiger partial charge < -0.3 is 24.0 Å². The first-order valence-corrected chi connectivity index (χ1v) is 13.9. The number of piperazine rings is 1. The van der Waals surface area contributed by atoms with Crippen LogP contribution in [-0.2, 0) is 14.8 Å². The highest BCUT2D eigenvalue weighted by Crippen LogP contribution is 2.33. The van der Waals surface area contributed by atoms with Gasteiger partial charge in [0.1, 0.15) is 18.1 Å². The monoisotopic (exact) mass is 577 g/mol. The predicted octanol–water partition coefficient (Wildman–Crippen LogP) is 4.05. The lowest BCUT2D eigenvalue weighted by atomic mass is 10.2. The van der Waals surface area contributed by atoms with Crippen molar-refractivity contribution in [1.82, 2.24) is 4.90 Å². The maximum atomic E-state index is 13.9. The van der Waals surface area contributed by atoms with E-state index in [9.17, 15) is 17.6 Å². The quantitative estimate of drug-likeness (QED) is 0.379. The second kappa shape index (κ2) is 12.0. The third kappa shape index (κ3) is 6.15. The number of rotatable bonds is 9. The second-order valence-corrected chi connectivity index (χ2v) is 11.0. The molecule has 1 fully saturated rings. The van der Waals surface area contributed by atoms with Crippen LogP contribution in [0.15, 0.2) is 65.6 Å². The van der Waals surface area contributed by atoms with E-state index in [1.807, 2.05) is 24.3 Å². The zero-order chi connectivity index (χ0) is 28.2. The molecule has 0 N–H and O–H groups in total. The van der Waals surface area contributed by atoms with Gasteiger partial charge in [-0.2, -0.15) is 0 Å². The summed E-state index contributed by atoms with van der Waals surface area (Å²) in [6.45, 7) is 1.45. The van der Waals surface area contributed by atoms with Crippen LogP contribution in [0.2, 0.25) is 5.02 Å². The van der Waals surface area contributed by atoms with Gasteiger partial charge >= 0.3 is 0 Å². The average Bonchev–Trinajstić information content (AvgIpc) is 2.96. The van der Waals surface area contributed by atoms with Gasteiger partial charge in [0.25, 0.3) is 10.0 Å². The summed E-state index contributed by atoms with van der Waals surface area (Å²) >= 11 is 5.98. The lowest BCUT2D eigenvalue weighted by Gasteiger charge is -2.37. The van der Waals surface area contributed by atoms with Crippen LogP contribution in [0.25, 0.3) is 0 Å². The molecule has 0 radical (unpaired) electrons. The van der Waals surface area contributed by atoms with Gasteiger partial charge in [-0.1, -0.05) is 11.6 Å². The predicted molar refractivity (Wildman–Crippen MR) is 147 cm³/mol. The molecule has 0 saturated carbocycles. The van der Waals surface area contributed by atoms with Crippen molar-refractivity contribution < 1.29 is 31.8 Å². The topological polar surface area (TPSA) is 88.6 Å². The number of anilines is 2. The molecule has 0 spiro atoms. The zero-order valence-electron chi connectivity index (χ0n) is 21.8. The molecule has 0 aliphatic carbocycles.